The number of aryl methyl sites for hydroxylation is 1. The summed E-state index contributed by atoms with van der Waals surface area (Å²) in [6.07, 6.45) is -2.87. The number of rotatable bonds is 2. The van der Waals surface area contributed by atoms with Gasteiger partial charge in [-0.05, 0) is 9.91 Å². The van der Waals surface area contributed by atoms with E-state index >= 15 is 0 Å². The Bertz CT molecular complexity index is 454. The summed E-state index contributed by atoms with van der Waals surface area (Å²) in [5.41, 5.74) is -1.16. The number of pyridine rings is 1. The van der Waals surface area contributed by atoms with Gasteiger partial charge in [0.15, 0.2) is 5.69 Å². The lowest BCUT2D eigenvalue weighted by Gasteiger charge is -2.02. The minimum Gasteiger partial charge on any atom is -0.358 e. The predicted molar refractivity (Wildman–Crippen MR) is 45.3 cm³/mol. The largest absolute Gasteiger partial charge is 0.365 e. The van der Waals surface area contributed by atoms with Crippen molar-refractivity contribution in [2.24, 2.45) is 0 Å². The Morgan fingerprint density at radius 1 is 1.67 bits per heavy atom. The smallest absolute Gasteiger partial charge is 0.358 e. The first-order valence-corrected chi connectivity index (χ1v) is 3.81. The van der Waals surface area contributed by atoms with Crippen LogP contribution in [0.4, 0.5) is 14.6 Å². The van der Waals surface area contributed by atoms with Gasteiger partial charge in [0.25, 0.3) is 6.43 Å². The maximum atomic E-state index is 12.4. The molecule has 0 amide bonds. The second-order valence-electron chi connectivity index (χ2n) is 2.70. The van der Waals surface area contributed by atoms with Crippen molar-refractivity contribution in [3.8, 4) is 6.07 Å². The second-order valence-corrected chi connectivity index (χ2v) is 2.70. The van der Waals surface area contributed by atoms with Gasteiger partial charge in [0, 0.05) is 6.92 Å². The Hall–Kier alpha value is -2.10. The molecule has 5 nitrogen and oxygen atoms in total. The summed E-state index contributed by atoms with van der Waals surface area (Å²) in [7, 11) is 0. The number of alkyl halides is 2. The molecule has 0 saturated carbocycles. The summed E-state index contributed by atoms with van der Waals surface area (Å²) in [5.74, 6) is -0.603. The van der Waals surface area contributed by atoms with Crippen molar-refractivity contribution in [1.82, 2.24) is 4.98 Å². The van der Waals surface area contributed by atoms with E-state index in [4.69, 9.17) is 5.26 Å². The highest BCUT2D eigenvalue weighted by atomic mass is 19.3. The fourth-order valence-corrected chi connectivity index (χ4v) is 1.13. The summed E-state index contributed by atoms with van der Waals surface area (Å²) in [6, 6.07) is 2.23. The monoisotopic (exact) mass is 213 g/mol. The molecular formula is C8H5F2N3O2. The Labute approximate surface area is 83.1 Å². The van der Waals surface area contributed by atoms with Crippen LogP contribution in [0, 0.1) is 28.4 Å². The molecule has 0 N–H and O–H groups in total. The molecule has 0 unspecified atom stereocenters. The fraction of sp³-hybridized carbons (Fsp3) is 0.250. The van der Waals surface area contributed by atoms with Crippen LogP contribution in [0.25, 0.3) is 0 Å². The quantitative estimate of drug-likeness (QED) is 0.556. The van der Waals surface area contributed by atoms with Crippen LogP contribution in [0.1, 0.15) is 23.2 Å². The van der Waals surface area contributed by atoms with Crippen molar-refractivity contribution in [2.45, 2.75) is 13.3 Å². The highest BCUT2D eigenvalue weighted by molar-refractivity contribution is 5.45. The summed E-state index contributed by atoms with van der Waals surface area (Å²) in [5, 5.41) is 18.9. The van der Waals surface area contributed by atoms with Gasteiger partial charge >= 0.3 is 5.82 Å². The first kappa shape index (κ1) is 11.0. The zero-order valence-electron chi connectivity index (χ0n) is 7.57. The molecule has 0 aromatic carbocycles. The summed E-state index contributed by atoms with van der Waals surface area (Å²) in [4.78, 5) is 12.9. The molecule has 0 bridgehead atoms. The third-order valence-corrected chi connectivity index (χ3v) is 1.76. The minimum absolute atomic E-state index is 0.198. The maximum Gasteiger partial charge on any atom is 0.365 e. The van der Waals surface area contributed by atoms with Gasteiger partial charge in [0.1, 0.15) is 6.07 Å². The van der Waals surface area contributed by atoms with Crippen LogP contribution in [0.2, 0.25) is 0 Å². The third-order valence-electron chi connectivity index (χ3n) is 1.76. The van der Waals surface area contributed by atoms with Crippen LogP contribution >= 0.6 is 0 Å². The Morgan fingerprint density at radius 3 is 2.67 bits per heavy atom. The summed E-state index contributed by atoms with van der Waals surface area (Å²) in [6.45, 7) is 1.20. The van der Waals surface area contributed by atoms with E-state index in [2.05, 4.69) is 4.98 Å². The second kappa shape index (κ2) is 3.96. The van der Waals surface area contributed by atoms with Gasteiger partial charge in [-0.25, -0.2) is 8.78 Å². The Morgan fingerprint density at radius 2 is 2.27 bits per heavy atom. The number of hydrogen-bond donors (Lipinski definition) is 0. The van der Waals surface area contributed by atoms with Crippen molar-refractivity contribution in [2.75, 3.05) is 0 Å². The Kier molecular flexibility index (Phi) is 2.90. The number of nitriles is 1. The van der Waals surface area contributed by atoms with E-state index in [-0.39, 0.29) is 5.69 Å². The number of halogens is 2. The van der Waals surface area contributed by atoms with E-state index in [1.807, 2.05) is 0 Å². The number of aromatic nitrogens is 1. The average Bonchev–Trinajstić information content (AvgIpc) is 2.15. The van der Waals surface area contributed by atoms with Crippen LogP contribution in [0.15, 0.2) is 6.07 Å². The van der Waals surface area contributed by atoms with Crippen molar-refractivity contribution in [3.05, 3.63) is 33.0 Å². The van der Waals surface area contributed by atoms with Gasteiger partial charge in [-0.3, -0.25) is 0 Å². The number of hydrogen-bond acceptors (Lipinski definition) is 4. The van der Waals surface area contributed by atoms with Crippen LogP contribution in [0.3, 0.4) is 0 Å². The molecule has 0 spiro atoms. The van der Waals surface area contributed by atoms with E-state index in [0.29, 0.717) is 0 Å². The molecule has 0 saturated heterocycles. The van der Waals surface area contributed by atoms with E-state index < -0.39 is 28.3 Å². The van der Waals surface area contributed by atoms with Gasteiger partial charge in [0.05, 0.1) is 17.2 Å². The van der Waals surface area contributed by atoms with Crippen molar-refractivity contribution < 1.29 is 13.7 Å². The molecule has 1 rings (SSSR count). The van der Waals surface area contributed by atoms with Gasteiger partial charge < -0.3 is 10.1 Å². The van der Waals surface area contributed by atoms with E-state index in [1.54, 1.807) is 0 Å². The van der Waals surface area contributed by atoms with Crippen LogP contribution in [-0.2, 0) is 0 Å². The molecule has 0 radical (unpaired) electrons. The number of nitrogens with zero attached hydrogens (tertiary/aromatic N) is 3. The van der Waals surface area contributed by atoms with Crippen molar-refractivity contribution in [3.63, 3.8) is 0 Å². The molecule has 0 atom stereocenters. The van der Waals surface area contributed by atoms with Gasteiger partial charge in [-0.1, -0.05) is 0 Å². The molecule has 1 aromatic rings. The third kappa shape index (κ3) is 2.04. The molecule has 7 heteroatoms. The molecule has 78 valence electrons. The van der Waals surface area contributed by atoms with Gasteiger partial charge in [0.2, 0.25) is 0 Å². The SMILES string of the molecule is Cc1nc([N+](=O)[O-])cc(C#N)c1C(F)F. The van der Waals surface area contributed by atoms with Crippen molar-refractivity contribution >= 4 is 5.82 Å². The first-order valence-electron chi connectivity index (χ1n) is 3.81. The minimum atomic E-state index is -2.87. The predicted octanol–water partition coefficient (Wildman–Crippen LogP) is 2.11. The zero-order valence-corrected chi connectivity index (χ0v) is 7.57. The van der Waals surface area contributed by atoms with Crippen LogP contribution in [0.5, 0.6) is 0 Å². The number of nitro groups is 1. The highest BCUT2D eigenvalue weighted by Gasteiger charge is 2.23. The molecule has 0 fully saturated rings. The fourth-order valence-electron chi connectivity index (χ4n) is 1.13. The van der Waals surface area contributed by atoms with E-state index in [9.17, 15) is 18.9 Å². The molecule has 0 aliphatic rings. The lowest BCUT2D eigenvalue weighted by atomic mass is 10.1. The zero-order chi connectivity index (χ0) is 11.6. The topological polar surface area (TPSA) is 79.8 Å². The standard InChI is InChI=1S/C8H5F2N3O2/c1-4-7(8(9)10)5(3-11)2-6(12-4)13(14)15/h2,8H,1H3. The van der Waals surface area contributed by atoms with E-state index in [1.165, 1.54) is 13.0 Å². The molecular weight excluding hydrogens is 208 g/mol. The lowest BCUT2D eigenvalue weighted by Crippen LogP contribution is -2.02. The van der Waals surface area contributed by atoms with E-state index in [0.717, 1.165) is 6.07 Å². The van der Waals surface area contributed by atoms with Gasteiger partial charge in [-0.15, -0.1) is 0 Å². The molecule has 15 heavy (non-hydrogen) atoms. The molecule has 0 aliphatic heterocycles. The van der Waals surface area contributed by atoms with Gasteiger partial charge in [-0.2, -0.15) is 5.26 Å². The normalized spacial score (nSPS) is 10.1. The average molecular weight is 213 g/mol. The lowest BCUT2D eigenvalue weighted by molar-refractivity contribution is -0.389. The maximum absolute atomic E-state index is 12.4. The summed E-state index contributed by atoms with van der Waals surface area (Å²) < 4.78 is 24.9. The highest BCUT2D eigenvalue weighted by Crippen LogP contribution is 2.27. The molecule has 0 aliphatic carbocycles. The van der Waals surface area contributed by atoms with Crippen LogP contribution in [-0.4, -0.2) is 9.91 Å². The molecule has 1 heterocycles. The Balaban J connectivity index is 3.46. The summed E-state index contributed by atoms with van der Waals surface area (Å²) >= 11 is 0. The van der Waals surface area contributed by atoms with Crippen molar-refractivity contribution in [1.29, 1.82) is 5.26 Å². The first-order chi connectivity index (χ1) is 6.97. The van der Waals surface area contributed by atoms with Crippen LogP contribution < -0.4 is 0 Å². The molecule has 1 aromatic heterocycles.